The molecular weight excluding hydrogens is 220 g/mol. The first-order chi connectivity index (χ1) is 8.19. The fraction of sp³-hybridized carbons (Fsp3) is 0.636. The highest BCUT2D eigenvalue weighted by Gasteiger charge is 2.18. The molecule has 1 aromatic rings. The van der Waals surface area contributed by atoms with Crippen LogP contribution in [0.1, 0.15) is 18.5 Å². The van der Waals surface area contributed by atoms with Gasteiger partial charge in [0.2, 0.25) is 5.95 Å². The molecule has 1 fully saturated rings. The van der Waals surface area contributed by atoms with Gasteiger partial charge in [0.25, 0.3) is 5.56 Å². The number of anilines is 1. The number of nitrogens with two attached hydrogens (primary N) is 1. The second-order valence-electron chi connectivity index (χ2n) is 4.34. The first-order valence-corrected chi connectivity index (χ1v) is 5.79. The highest BCUT2D eigenvalue weighted by atomic mass is 16.5. The van der Waals surface area contributed by atoms with Crippen LogP contribution in [0.15, 0.2) is 10.9 Å². The van der Waals surface area contributed by atoms with E-state index in [1.807, 2.05) is 4.90 Å². The molecule has 1 aliphatic rings. The Kier molecular flexibility index (Phi) is 3.75. The van der Waals surface area contributed by atoms with Crippen molar-refractivity contribution in [3.63, 3.8) is 0 Å². The molecule has 1 saturated heterocycles. The van der Waals surface area contributed by atoms with Crippen LogP contribution in [-0.4, -0.2) is 36.2 Å². The maximum absolute atomic E-state index is 11.5. The molecule has 0 aromatic carbocycles. The number of aromatic nitrogens is 2. The van der Waals surface area contributed by atoms with Crippen LogP contribution in [0, 0.1) is 0 Å². The molecule has 6 nitrogen and oxygen atoms in total. The van der Waals surface area contributed by atoms with E-state index in [2.05, 4.69) is 9.97 Å². The molecule has 0 spiro atoms. The van der Waals surface area contributed by atoms with E-state index in [4.69, 9.17) is 10.5 Å². The van der Waals surface area contributed by atoms with Gasteiger partial charge >= 0.3 is 0 Å². The molecule has 94 valence electrons. The molecule has 2 rings (SSSR count). The Labute approximate surface area is 99.8 Å². The third kappa shape index (κ3) is 3.04. The van der Waals surface area contributed by atoms with Crippen molar-refractivity contribution in [2.24, 2.45) is 5.73 Å². The second-order valence-corrected chi connectivity index (χ2v) is 4.34. The number of ether oxygens (including phenoxy) is 1. The smallest absolute Gasteiger partial charge is 0.252 e. The van der Waals surface area contributed by atoms with E-state index in [9.17, 15) is 4.79 Å². The van der Waals surface area contributed by atoms with Crippen LogP contribution in [0.2, 0.25) is 0 Å². The van der Waals surface area contributed by atoms with E-state index in [-0.39, 0.29) is 11.6 Å². The lowest BCUT2D eigenvalue weighted by Crippen LogP contribution is -2.44. The fourth-order valence-corrected chi connectivity index (χ4v) is 2.07. The van der Waals surface area contributed by atoms with Crippen molar-refractivity contribution in [2.75, 3.05) is 25.1 Å². The van der Waals surface area contributed by atoms with E-state index < -0.39 is 0 Å². The normalized spacial score (nSPS) is 20.6. The number of rotatable bonds is 3. The SMILES string of the molecule is COCc1cc(=O)[nH]c(N2CCC[C@@H](N)C2)n1. The van der Waals surface area contributed by atoms with E-state index in [0.717, 1.165) is 25.9 Å². The number of nitrogens with zero attached hydrogens (tertiary/aromatic N) is 2. The van der Waals surface area contributed by atoms with Gasteiger partial charge < -0.3 is 15.4 Å². The fourth-order valence-electron chi connectivity index (χ4n) is 2.07. The maximum atomic E-state index is 11.5. The summed E-state index contributed by atoms with van der Waals surface area (Å²) in [5, 5.41) is 0. The molecule has 1 aliphatic heterocycles. The number of aromatic amines is 1. The molecule has 0 bridgehead atoms. The van der Waals surface area contributed by atoms with Crippen LogP contribution >= 0.6 is 0 Å². The summed E-state index contributed by atoms with van der Waals surface area (Å²) < 4.78 is 4.99. The van der Waals surface area contributed by atoms with E-state index >= 15 is 0 Å². The van der Waals surface area contributed by atoms with Gasteiger partial charge in [-0.05, 0) is 12.8 Å². The number of nitrogens with one attached hydrogen (secondary N) is 1. The van der Waals surface area contributed by atoms with Crippen molar-refractivity contribution >= 4 is 5.95 Å². The van der Waals surface area contributed by atoms with Crippen LogP contribution in [0.3, 0.4) is 0 Å². The highest BCUT2D eigenvalue weighted by molar-refractivity contribution is 5.31. The number of hydrogen-bond donors (Lipinski definition) is 2. The largest absolute Gasteiger partial charge is 0.378 e. The molecule has 17 heavy (non-hydrogen) atoms. The first kappa shape index (κ1) is 12.1. The number of methoxy groups -OCH3 is 1. The zero-order chi connectivity index (χ0) is 12.3. The van der Waals surface area contributed by atoms with Gasteiger partial charge in [0.05, 0.1) is 12.3 Å². The van der Waals surface area contributed by atoms with Crippen molar-refractivity contribution in [2.45, 2.75) is 25.5 Å². The lowest BCUT2D eigenvalue weighted by molar-refractivity contribution is 0.181. The van der Waals surface area contributed by atoms with Gasteiger partial charge in [-0.3, -0.25) is 9.78 Å². The summed E-state index contributed by atoms with van der Waals surface area (Å²) in [4.78, 5) is 20.6. The summed E-state index contributed by atoms with van der Waals surface area (Å²) in [6.07, 6.45) is 2.05. The summed E-state index contributed by atoms with van der Waals surface area (Å²) in [6.45, 7) is 1.96. The Bertz CT molecular complexity index is 432. The molecule has 0 unspecified atom stereocenters. The average Bonchev–Trinajstić information content (AvgIpc) is 2.28. The third-order valence-electron chi connectivity index (χ3n) is 2.83. The summed E-state index contributed by atoms with van der Waals surface area (Å²) in [5.41, 5.74) is 6.40. The minimum atomic E-state index is -0.152. The van der Waals surface area contributed by atoms with Crippen LogP contribution in [0.25, 0.3) is 0 Å². The Balaban J connectivity index is 2.21. The van der Waals surface area contributed by atoms with Gasteiger partial charge in [0, 0.05) is 32.3 Å². The van der Waals surface area contributed by atoms with E-state index in [1.165, 1.54) is 6.07 Å². The van der Waals surface area contributed by atoms with E-state index in [1.54, 1.807) is 7.11 Å². The molecular formula is C11H18N4O2. The van der Waals surface area contributed by atoms with Gasteiger partial charge in [-0.15, -0.1) is 0 Å². The standard InChI is InChI=1S/C11H18N4O2/c1-17-7-9-5-10(16)14-11(13-9)15-4-2-3-8(12)6-15/h5,8H,2-4,6-7,12H2,1H3,(H,13,14,16)/t8-/m1/s1. The lowest BCUT2D eigenvalue weighted by atomic mass is 10.1. The minimum Gasteiger partial charge on any atom is -0.378 e. The topological polar surface area (TPSA) is 84.2 Å². The average molecular weight is 238 g/mol. The Morgan fingerprint density at radius 2 is 2.53 bits per heavy atom. The Morgan fingerprint density at radius 1 is 1.71 bits per heavy atom. The zero-order valence-electron chi connectivity index (χ0n) is 9.98. The van der Waals surface area contributed by atoms with Crippen molar-refractivity contribution in [3.05, 3.63) is 22.1 Å². The van der Waals surface area contributed by atoms with Gasteiger partial charge in [-0.1, -0.05) is 0 Å². The van der Waals surface area contributed by atoms with Gasteiger partial charge in [0.15, 0.2) is 0 Å². The third-order valence-corrected chi connectivity index (χ3v) is 2.83. The number of H-pyrrole nitrogens is 1. The zero-order valence-corrected chi connectivity index (χ0v) is 9.98. The van der Waals surface area contributed by atoms with Gasteiger partial charge in [-0.25, -0.2) is 4.98 Å². The number of piperidine rings is 1. The van der Waals surface area contributed by atoms with Gasteiger partial charge in [0.1, 0.15) is 0 Å². The number of hydrogen-bond acceptors (Lipinski definition) is 5. The van der Waals surface area contributed by atoms with Crippen LogP contribution in [0.5, 0.6) is 0 Å². The van der Waals surface area contributed by atoms with Crippen LogP contribution in [-0.2, 0) is 11.3 Å². The monoisotopic (exact) mass is 238 g/mol. The maximum Gasteiger partial charge on any atom is 0.252 e. The van der Waals surface area contributed by atoms with Crippen molar-refractivity contribution in [3.8, 4) is 0 Å². The van der Waals surface area contributed by atoms with Crippen molar-refractivity contribution in [1.29, 1.82) is 0 Å². The summed E-state index contributed by atoms with van der Waals surface area (Å²) in [5.74, 6) is 0.597. The van der Waals surface area contributed by atoms with Crippen molar-refractivity contribution in [1.82, 2.24) is 9.97 Å². The predicted molar refractivity (Wildman–Crippen MR) is 65.0 cm³/mol. The van der Waals surface area contributed by atoms with Crippen molar-refractivity contribution < 1.29 is 4.74 Å². The summed E-state index contributed by atoms with van der Waals surface area (Å²) in [7, 11) is 1.58. The molecule has 1 aromatic heterocycles. The summed E-state index contributed by atoms with van der Waals surface area (Å²) >= 11 is 0. The van der Waals surface area contributed by atoms with E-state index in [0.29, 0.717) is 18.2 Å². The molecule has 6 heteroatoms. The molecule has 0 amide bonds. The lowest BCUT2D eigenvalue weighted by Gasteiger charge is -2.31. The molecule has 2 heterocycles. The quantitative estimate of drug-likeness (QED) is 0.764. The second kappa shape index (κ2) is 5.29. The molecule has 0 radical (unpaired) electrons. The molecule has 1 atom stereocenters. The Morgan fingerprint density at radius 3 is 3.24 bits per heavy atom. The molecule has 0 aliphatic carbocycles. The minimum absolute atomic E-state index is 0.152. The molecule has 3 N–H and O–H groups in total. The van der Waals surface area contributed by atoms with Crippen LogP contribution in [0.4, 0.5) is 5.95 Å². The van der Waals surface area contributed by atoms with Gasteiger partial charge in [-0.2, -0.15) is 0 Å². The Hall–Kier alpha value is -1.40. The van der Waals surface area contributed by atoms with Crippen LogP contribution < -0.4 is 16.2 Å². The summed E-state index contributed by atoms with van der Waals surface area (Å²) in [6, 6.07) is 1.61. The first-order valence-electron chi connectivity index (χ1n) is 5.79. The molecule has 0 saturated carbocycles. The predicted octanol–water partition coefficient (Wildman–Crippen LogP) is -0.156. The highest BCUT2D eigenvalue weighted by Crippen LogP contribution is 2.14.